The number of halogens is 2. The van der Waals surface area contributed by atoms with E-state index in [0.717, 1.165) is 12.1 Å². The lowest BCUT2D eigenvalue weighted by Gasteiger charge is -2.39. The number of fused-ring (bicyclic) bond motifs is 1. The Bertz CT molecular complexity index is 1060. The molecule has 2 aliphatic heterocycles. The molecule has 29 heavy (non-hydrogen) atoms. The van der Waals surface area contributed by atoms with Crippen LogP contribution in [0.15, 0.2) is 21.6 Å². The molecule has 0 saturated carbocycles. The third-order valence-corrected chi connectivity index (χ3v) is 7.43. The Morgan fingerprint density at radius 2 is 1.79 bits per heavy atom. The van der Waals surface area contributed by atoms with Crippen LogP contribution in [0.4, 0.5) is 19.3 Å². The predicted octanol–water partition coefficient (Wildman–Crippen LogP) is 2.88. The Morgan fingerprint density at radius 1 is 1.14 bits per heavy atom. The minimum absolute atomic E-state index is 0.0521. The van der Waals surface area contributed by atoms with Gasteiger partial charge in [0.25, 0.3) is 0 Å². The molecule has 1 saturated heterocycles. The summed E-state index contributed by atoms with van der Waals surface area (Å²) in [5, 5.41) is 3.70. The number of ether oxygens (including phenoxy) is 1. The first-order chi connectivity index (χ1) is 13.7. The van der Waals surface area contributed by atoms with Crippen molar-refractivity contribution >= 4 is 21.8 Å². The second-order valence-corrected chi connectivity index (χ2v) is 8.98. The highest BCUT2D eigenvalue weighted by Crippen LogP contribution is 2.34. The van der Waals surface area contributed by atoms with E-state index in [-0.39, 0.29) is 41.7 Å². The number of nitrogens with zero attached hydrogens (tertiary/aromatic N) is 3. The molecular weight excluding hydrogens is 408 g/mol. The molecule has 1 aromatic carbocycles. The van der Waals surface area contributed by atoms with Crippen LogP contribution in [0, 0.1) is 25.5 Å². The summed E-state index contributed by atoms with van der Waals surface area (Å²) in [4.78, 5) is 13.7. The summed E-state index contributed by atoms with van der Waals surface area (Å²) in [7, 11) is -3.79. The third-order valence-electron chi connectivity index (χ3n) is 5.28. The SMILES string of the molecule is Cc1noc(C)c1S(=O)(=O)N1CCC(N2C(=O)OCc3cc(F)c(F)cc32)CC1. The molecule has 156 valence electrons. The van der Waals surface area contributed by atoms with Crippen LogP contribution in [-0.4, -0.2) is 43.1 Å². The van der Waals surface area contributed by atoms with Crippen LogP contribution in [0.5, 0.6) is 0 Å². The van der Waals surface area contributed by atoms with Gasteiger partial charge in [-0.05, 0) is 32.8 Å². The number of hydrogen-bond acceptors (Lipinski definition) is 6. The number of sulfonamides is 1. The number of carbonyl (C=O) groups excluding carboxylic acids is 1. The first-order valence-corrected chi connectivity index (χ1v) is 10.5. The largest absolute Gasteiger partial charge is 0.444 e. The monoisotopic (exact) mass is 427 g/mol. The Morgan fingerprint density at radius 3 is 2.41 bits per heavy atom. The lowest BCUT2D eigenvalue weighted by Crippen LogP contribution is -2.50. The topological polar surface area (TPSA) is 93.0 Å². The van der Waals surface area contributed by atoms with Crippen LogP contribution >= 0.6 is 0 Å². The highest BCUT2D eigenvalue weighted by Gasteiger charge is 2.39. The maximum Gasteiger partial charge on any atom is 0.414 e. The van der Waals surface area contributed by atoms with Crippen molar-refractivity contribution in [2.75, 3.05) is 18.0 Å². The van der Waals surface area contributed by atoms with E-state index >= 15 is 0 Å². The van der Waals surface area contributed by atoms with Crippen LogP contribution < -0.4 is 4.90 Å². The number of hydrogen-bond donors (Lipinski definition) is 0. The molecule has 0 unspecified atom stereocenters. The van der Waals surface area contributed by atoms with Crippen molar-refractivity contribution in [2.24, 2.45) is 0 Å². The van der Waals surface area contributed by atoms with Gasteiger partial charge in [0.15, 0.2) is 17.4 Å². The molecule has 11 heteroatoms. The number of anilines is 1. The van der Waals surface area contributed by atoms with Crippen molar-refractivity contribution in [3.05, 3.63) is 40.8 Å². The zero-order chi connectivity index (χ0) is 20.9. The van der Waals surface area contributed by atoms with Crippen LogP contribution in [0.2, 0.25) is 0 Å². The fourth-order valence-corrected chi connectivity index (χ4v) is 5.64. The molecule has 0 atom stereocenters. The zero-order valence-electron chi connectivity index (χ0n) is 15.8. The van der Waals surface area contributed by atoms with Gasteiger partial charge in [-0.1, -0.05) is 5.16 Å². The van der Waals surface area contributed by atoms with Crippen molar-refractivity contribution in [1.82, 2.24) is 9.46 Å². The molecule has 0 spiro atoms. The van der Waals surface area contributed by atoms with Gasteiger partial charge in [0.2, 0.25) is 10.0 Å². The van der Waals surface area contributed by atoms with Gasteiger partial charge in [-0.3, -0.25) is 4.90 Å². The molecule has 2 aromatic rings. The minimum Gasteiger partial charge on any atom is -0.444 e. The maximum absolute atomic E-state index is 13.8. The maximum atomic E-state index is 13.8. The first-order valence-electron chi connectivity index (χ1n) is 9.07. The van der Waals surface area contributed by atoms with Gasteiger partial charge in [0.1, 0.15) is 17.2 Å². The number of amides is 1. The Balaban J connectivity index is 1.56. The summed E-state index contributed by atoms with van der Waals surface area (Å²) in [5.74, 6) is -1.85. The van der Waals surface area contributed by atoms with Gasteiger partial charge in [0, 0.05) is 30.8 Å². The smallest absolute Gasteiger partial charge is 0.414 e. The lowest BCUT2D eigenvalue weighted by molar-refractivity contribution is 0.135. The molecule has 2 aliphatic rings. The molecule has 8 nitrogen and oxygen atoms in total. The minimum atomic E-state index is -3.79. The Kier molecular flexibility index (Phi) is 4.82. The normalized spacial score (nSPS) is 18.6. The Hall–Kier alpha value is -2.53. The molecule has 4 rings (SSSR count). The van der Waals surface area contributed by atoms with E-state index in [1.54, 1.807) is 6.92 Å². The van der Waals surface area contributed by atoms with Crippen LogP contribution in [-0.2, 0) is 21.4 Å². The number of rotatable bonds is 3. The zero-order valence-corrected chi connectivity index (χ0v) is 16.6. The summed E-state index contributed by atoms with van der Waals surface area (Å²) < 4.78 is 64.6. The number of cyclic esters (lactones) is 1. The van der Waals surface area contributed by atoms with E-state index in [9.17, 15) is 22.0 Å². The number of piperidine rings is 1. The first kappa shape index (κ1) is 19.8. The second-order valence-electron chi connectivity index (χ2n) is 7.11. The summed E-state index contributed by atoms with van der Waals surface area (Å²) in [6, 6.07) is 1.60. The van der Waals surface area contributed by atoms with Crippen molar-refractivity contribution < 1.29 is 31.3 Å². The number of carbonyl (C=O) groups is 1. The van der Waals surface area contributed by atoms with Gasteiger partial charge in [0.05, 0.1) is 5.69 Å². The highest BCUT2D eigenvalue weighted by molar-refractivity contribution is 7.89. The average Bonchev–Trinajstić information content (AvgIpc) is 3.02. The standard InChI is InChI=1S/C18H19F2N3O5S/c1-10-17(11(2)28-21-10)29(25,26)22-5-3-13(4-6-22)23-16-8-15(20)14(19)7-12(16)9-27-18(23)24/h7-8,13H,3-6,9H2,1-2H3. The highest BCUT2D eigenvalue weighted by atomic mass is 32.2. The van der Waals surface area contributed by atoms with Crippen molar-refractivity contribution in [1.29, 1.82) is 0 Å². The van der Waals surface area contributed by atoms with E-state index in [0.29, 0.717) is 18.4 Å². The summed E-state index contributed by atoms with van der Waals surface area (Å²) in [5.41, 5.74) is 0.914. The van der Waals surface area contributed by atoms with Gasteiger partial charge < -0.3 is 9.26 Å². The van der Waals surface area contributed by atoms with Gasteiger partial charge >= 0.3 is 6.09 Å². The van der Waals surface area contributed by atoms with Crippen LogP contribution in [0.25, 0.3) is 0 Å². The van der Waals surface area contributed by atoms with E-state index in [2.05, 4.69) is 5.16 Å². The van der Waals surface area contributed by atoms with E-state index < -0.39 is 33.8 Å². The molecular formula is C18H19F2N3O5S. The van der Waals surface area contributed by atoms with Crippen molar-refractivity contribution in [3.8, 4) is 0 Å². The number of aromatic nitrogens is 1. The lowest BCUT2D eigenvalue weighted by atomic mass is 10.0. The Labute approximate surface area is 166 Å². The molecule has 1 aromatic heterocycles. The summed E-state index contributed by atoms with van der Waals surface area (Å²) in [6.07, 6.45) is -0.0257. The van der Waals surface area contributed by atoms with Crippen LogP contribution in [0.1, 0.15) is 29.9 Å². The average molecular weight is 427 g/mol. The van der Waals surface area contributed by atoms with E-state index in [4.69, 9.17) is 9.26 Å². The molecule has 0 aliphatic carbocycles. The van der Waals surface area contributed by atoms with Crippen LogP contribution in [0.3, 0.4) is 0 Å². The fraction of sp³-hybridized carbons (Fsp3) is 0.444. The number of aryl methyl sites for hydroxylation is 2. The van der Waals surface area contributed by atoms with Crippen molar-refractivity contribution in [2.45, 2.75) is 44.2 Å². The molecule has 0 bridgehead atoms. The molecule has 1 fully saturated rings. The summed E-state index contributed by atoms with van der Waals surface area (Å²) in [6.45, 7) is 3.26. The van der Waals surface area contributed by atoms with Gasteiger partial charge in [-0.25, -0.2) is 22.0 Å². The van der Waals surface area contributed by atoms with E-state index in [1.165, 1.54) is 16.1 Å². The molecule has 0 N–H and O–H groups in total. The van der Waals surface area contributed by atoms with E-state index in [1.807, 2.05) is 0 Å². The molecule has 0 radical (unpaired) electrons. The molecule has 3 heterocycles. The quantitative estimate of drug-likeness (QED) is 0.748. The van der Waals surface area contributed by atoms with Crippen molar-refractivity contribution in [3.63, 3.8) is 0 Å². The van der Waals surface area contributed by atoms with Gasteiger partial charge in [-0.15, -0.1) is 0 Å². The number of benzene rings is 1. The second kappa shape index (κ2) is 7.06. The van der Waals surface area contributed by atoms with Gasteiger partial charge in [-0.2, -0.15) is 4.31 Å². The predicted molar refractivity (Wildman–Crippen MR) is 96.8 cm³/mol. The third kappa shape index (κ3) is 3.27. The molecule has 1 amide bonds. The fourth-order valence-electron chi connectivity index (χ4n) is 3.88. The summed E-state index contributed by atoms with van der Waals surface area (Å²) >= 11 is 0.